The van der Waals surface area contributed by atoms with Crippen LogP contribution in [-0.2, 0) is 0 Å². The van der Waals surface area contributed by atoms with Crippen LogP contribution in [0.25, 0.3) is 16.6 Å². The number of ether oxygens (including phenoxy) is 1. The maximum atomic E-state index is 13.3. The van der Waals surface area contributed by atoms with E-state index in [1.807, 2.05) is 24.3 Å². The molecule has 2 N–H and O–H groups in total. The number of hydrogen-bond donors (Lipinski definition) is 1. The number of hydrogen-bond acceptors (Lipinski definition) is 5. The third-order valence-corrected chi connectivity index (χ3v) is 5.64. The van der Waals surface area contributed by atoms with Gasteiger partial charge in [0.15, 0.2) is 0 Å². The second kappa shape index (κ2) is 7.43. The third-order valence-electron chi connectivity index (χ3n) is 5.64. The molecule has 5 rings (SSSR count). The summed E-state index contributed by atoms with van der Waals surface area (Å²) >= 11 is 0. The van der Waals surface area contributed by atoms with Gasteiger partial charge >= 0.3 is 0 Å². The summed E-state index contributed by atoms with van der Waals surface area (Å²) in [5.74, 6) is 0.439. The Morgan fingerprint density at radius 3 is 2.65 bits per heavy atom. The van der Waals surface area contributed by atoms with E-state index < -0.39 is 0 Å². The molecule has 0 bridgehead atoms. The molecule has 1 amide bonds. The van der Waals surface area contributed by atoms with Gasteiger partial charge in [0.25, 0.3) is 5.91 Å². The fourth-order valence-electron chi connectivity index (χ4n) is 4.08. The van der Waals surface area contributed by atoms with Crippen LogP contribution in [0.2, 0.25) is 0 Å². The van der Waals surface area contributed by atoms with Crippen LogP contribution in [-0.4, -0.2) is 33.6 Å². The lowest BCUT2D eigenvalue weighted by molar-refractivity contribution is 0.0990. The van der Waals surface area contributed by atoms with Crippen LogP contribution in [0.4, 0.5) is 11.5 Å². The SMILES string of the molecule is CC(C)c1cn(-c2ccccc2)c2ccc(N3CCOc4ncnc(N)c4C3=O)cc12. The minimum Gasteiger partial charge on any atom is -0.475 e. The molecular formula is C24H23N5O2. The van der Waals surface area contributed by atoms with Crippen molar-refractivity contribution in [3.05, 3.63) is 72.2 Å². The fraction of sp³-hybridized carbons (Fsp3) is 0.208. The Kier molecular flexibility index (Phi) is 4.58. The van der Waals surface area contributed by atoms with Gasteiger partial charge < -0.3 is 19.9 Å². The van der Waals surface area contributed by atoms with Crippen molar-refractivity contribution in [1.29, 1.82) is 0 Å². The maximum Gasteiger partial charge on any atom is 0.267 e. The van der Waals surface area contributed by atoms with Gasteiger partial charge in [-0.1, -0.05) is 32.0 Å². The molecule has 2 aromatic heterocycles. The first kappa shape index (κ1) is 19.1. The molecule has 7 heteroatoms. The van der Waals surface area contributed by atoms with Crippen molar-refractivity contribution in [3.8, 4) is 11.6 Å². The molecule has 0 saturated heterocycles. The molecule has 4 aromatic rings. The van der Waals surface area contributed by atoms with Crippen molar-refractivity contribution in [1.82, 2.24) is 14.5 Å². The standard InChI is InChI=1S/C24H23N5O2/c1-15(2)19-13-29(16-6-4-3-5-7-16)20-9-8-17(12-18(19)20)28-10-11-31-23-21(24(28)30)22(25)26-14-27-23/h3-9,12-15H,10-11H2,1-2H3,(H2,25,26,27). The van der Waals surface area contributed by atoms with Gasteiger partial charge in [0.05, 0.1) is 12.1 Å². The zero-order chi connectivity index (χ0) is 21.5. The van der Waals surface area contributed by atoms with Crippen molar-refractivity contribution in [2.75, 3.05) is 23.8 Å². The molecule has 0 spiro atoms. The first-order valence-electron chi connectivity index (χ1n) is 10.3. The second-order valence-electron chi connectivity index (χ2n) is 7.89. The maximum absolute atomic E-state index is 13.3. The number of aromatic nitrogens is 3. The van der Waals surface area contributed by atoms with Crippen LogP contribution in [0, 0.1) is 0 Å². The number of fused-ring (bicyclic) bond motifs is 2. The summed E-state index contributed by atoms with van der Waals surface area (Å²) in [6, 6.07) is 16.4. The van der Waals surface area contributed by atoms with E-state index in [0.717, 1.165) is 22.3 Å². The van der Waals surface area contributed by atoms with Gasteiger partial charge in [-0.3, -0.25) is 4.79 Å². The summed E-state index contributed by atoms with van der Waals surface area (Å²) in [7, 11) is 0. The minimum absolute atomic E-state index is 0.126. The minimum atomic E-state index is -0.251. The van der Waals surface area contributed by atoms with Gasteiger partial charge in [0, 0.05) is 23.0 Å². The van der Waals surface area contributed by atoms with E-state index in [9.17, 15) is 4.79 Å². The van der Waals surface area contributed by atoms with Gasteiger partial charge in [-0.25, -0.2) is 9.97 Å². The molecule has 0 atom stereocenters. The Hall–Kier alpha value is -3.87. The highest BCUT2D eigenvalue weighted by atomic mass is 16.5. The topological polar surface area (TPSA) is 86.3 Å². The number of nitrogens with zero attached hydrogens (tertiary/aromatic N) is 4. The van der Waals surface area contributed by atoms with E-state index in [0.29, 0.717) is 19.1 Å². The van der Waals surface area contributed by atoms with Crippen molar-refractivity contribution in [3.63, 3.8) is 0 Å². The van der Waals surface area contributed by atoms with E-state index in [2.05, 4.69) is 58.8 Å². The number of nitrogens with two attached hydrogens (primary N) is 1. The Bertz CT molecular complexity index is 1280. The Labute approximate surface area is 180 Å². The van der Waals surface area contributed by atoms with Gasteiger partial charge in [-0.05, 0) is 41.8 Å². The molecule has 1 aliphatic heterocycles. The lowest BCUT2D eigenvalue weighted by Crippen LogP contribution is -2.32. The fourth-order valence-corrected chi connectivity index (χ4v) is 4.08. The average Bonchev–Trinajstić information content (AvgIpc) is 3.07. The molecule has 0 radical (unpaired) electrons. The average molecular weight is 413 g/mol. The van der Waals surface area contributed by atoms with Crippen molar-refractivity contribution < 1.29 is 9.53 Å². The normalized spacial score (nSPS) is 13.9. The molecule has 1 aliphatic rings. The summed E-state index contributed by atoms with van der Waals surface area (Å²) in [5.41, 5.74) is 10.4. The number of para-hydroxylation sites is 1. The Morgan fingerprint density at radius 2 is 1.87 bits per heavy atom. The molecule has 156 valence electrons. The molecule has 0 fully saturated rings. The lowest BCUT2D eigenvalue weighted by Gasteiger charge is -2.21. The number of carbonyl (C=O) groups excluding carboxylic acids is 1. The van der Waals surface area contributed by atoms with Gasteiger partial charge in [-0.2, -0.15) is 0 Å². The molecular weight excluding hydrogens is 390 g/mol. The van der Waals surface area contributed by atoms with Crippen molar-refractivity contribution in [2.24, 2.45) is 0 Å². The third kappa shape index (κ3) is 3.18. The lowest BCUT2D eigenvalue weighted by atomic mass is 10.0. The molecule has 3 heterocycles. The molecule has 0 aliphatic carbocycles. The van der Waals surface area contributed by atoms with Crippen LogP contribution in [0.3, 0.4) is 0 Å². The largest absolute Gasteiger partial charge is 0.475 e. The van der Waals surface area contributed by atoms with E-state index in [4.69, 9.17) is 10.5 Å². The summed E-state index contributed by atoms with van der Waals surface area (Å²) in [4.78, 5) is 23.1. The molecule has 0 unspecified atom stereocenters. The predicted molar refractivity (Wildman–Crippen MR) is 121 cm³/mol. The number of nitrogen functional groups attached to an aromatic ring is 1. The van der Waals surface area contributed by atoms with Gasteiger partial charge in [-0.15, -0.1) is 0 Å². The van der Waals surface area contributed by atoms with E-state index in [1.54, 1.807) is 4.90 Å². The Morgan fingerprint density at radius 1 is 1.06 bits per heavy atom. The summed E-state index contributed by atoms with van der Waals surface area (Å²) in [5, 5.41) is 1.12. The predicted octanol–water partition coefficient (Wildman–Crippen LogP) is 4.17. The van der Waals surface area contributed by atoms with Crippen LogP contribution in [0.5, 0.6) is 5.88 Å². The summed E-state index contributed by atoms with van der Waals surface area (Å²) in [6.45, 7) is 5.08. The highest BCUT2D eigenvalue weighted by Gasteiger charge is 2.29. The molecule has 31 heavy (non-hydrogen) atoms. The van der Waals surface area contributed by atoms with Crippen LogP contribution < -0.4 is 15.4 Å². The number of anilines is 2. The molecule has 0 saturated carbocycles. The first-order valence-corrected chi connectivity index (χ1v) is 10.3. The quantitative estimate of drug-likeness (QED) is 0.545. The highest BCUT2D eigenvalue weighted by molar-refractivity contribution is 6.11. The number of rotatable bonds is 3. The molecule has 7 nitrogen and oxygen atoms in total. The summed E-state index contributed by atoms with van der Waals surface area (Å²) < 4.78 is 7.86. The zero-order valence-electron chi connectivity index (χ0n) is 17.4. The van der Waals surface area contributed by atoms with Crippen LogP contribution >= 0.6 is 0 Å². The van der Waals surface area contributed by atoms with Crippen molar-refractivity contribution in [2.45, 2.75) is 19.8 Å². The highest BCUT2D eigenvalue weighted by Crippen LogP contribution is 2.34. The van der Waals surface area contributed by atoms with Crippen LogP contribution in [0.15, 0.2) is 61.1 Å². The smallest absolute Gasteiger partial charge is 0.267 e. The van der Waals surface area contributed by atoms with Crippen LogP contribution in [0.1, 0.15) is 35.7 Å². The zero-order valence-corrected chi connectivity index (χ0v) is 17.4. The van der Waals surface area contributed by atoms with Gasteiger partial charge in [0.1, 0.15) is 24.3 Å². The van der Waals surface area contributed by atoms with E-state index in [1.165, 1.54) is 11.9 Å². The number of carbonyl (C=O) groups is 1. The Balaban J connectivity index is 1.64. The number of amides is 1. The van der Waals surface area contributed by atoms with E-state index in [-0.39, 0.29) is 23.2 Å². The monoisotopic (exact) mass is 413 g/mol. The number of benzene rings is 2. The summed E-state index contributed by atoms with van der Waals surface area (Å²) in [6.07, 6.45) is 3.49. The molecule has 2 aromatic carbocycles. The first-order chi connectivity index (χ1) is 15.0. The van der Waals surface area contributed by atoms with E-state index >= 15 is 0 Å². The van der Waals surface area contributed by atoms with Gasteiger partial charge in [0.2, 0.25) is 5.88 Å². The second-order valence-corrected chi connectivity index (χ2v) is 7.89. The van der Waals surface area contributed by atoms with Crippen molar-refractivity contribution >= 4 is 28.3 Å².